The summed E-state index contributed by atoms with van der Waals surface area (Å²) in [6, 6.07) is 12.0. The molecule has 2 aromatic heterocycles. The highest BCUT2D eigenvalue weighted by molar-refractivity contribution is 5.95. The van der Waals surface area contributed by atoms with Gasteiger partial charge in [-0.15, -0.1) is 0 Å². The van der Waals surface area contributed by atoms with Gasteiger partial charge < -0.3 is 25.4 Å². The van der Waals surface area contributed by atoms with E-state index in [0.29, 0.717) is 41.7 Å². The van der Waals surface area contributed by atoms with Gasteiger partial charge in [0.1, 0.15) is 6.10 Å². The molecule has 0 saturated carbocycles. The number of carbonyl (C=O) groups excluding carboxylic acids is 1. The summed E-state index contributed by atoms with van der Waals surface area (Å²) in [7, 11) is 0. The van der Waals surface area contributed by atoms with E-state index in [1.807, 2.05) is 36.4 Å². The standard InChI is InChI=1S/C26H32N6O3/c1-16(2)32-12-9-19(10-13-32)28-24(33)18-5-3-17(4-6-18)21-7-8-22-23(29-21)25(31-26(27)30-22)35-20-11-14-34-15-20/h3-8,16,19-20H,9-15H2,1-2H3,(H,28,33)(H2,27,30,31)/t20-/m0/s1. The first-order chi connectivity index (χ1) is 17.0. The van der Waals surface area contributed by atoms with Gasteiger partial charge in [-0.05, 0) is 51.0 Å². The van der Waals surface area contributed by atoms with Gasteiger partial charge in [0, 0.05) is 42.7 Å². The molecular weight excluding hydrogens is 444 g/mol. The van der Waals surface area contributed by atoms with Crippen LogP contribution in [0.4, 0.5) is 5.95 Å². The highest BCUT2D eigenvalue weighted by Gasteiger charge is 2.23. The van der Waals surface area contributed by atoms with Crippen molar-refractivity contribution in [1.29, 1.82) is 0 Å². The number of nitrogen functional groups attached to an aromatic ring is 1. The Labute approximate surface area is 205 Å². The summed E-state index contributed by atoms with van der Waals surface area (Å²) in [5.41, 5.74) is 9.32. The van der Waals surface area contributed by atoms with Gasteiger partial charge in [-0.2, -0.15) is 4.98 Å². The van der Waals surface area contributed by atoms with Crippen LogP contribution < -0.4 is 15.8 Å². The maximum atomic E-state index is 12.8. The Hall–Kier alpha value is -3.30. The molecule has 9 nitrogen and oxygen atoms in total. The summed E-state index contributed by atoms with van der Waals surface area (Å²) in [5.74, 6) is 0.472. The molecule has 0 unspecified atom stereocenters. The summed E-state index contributed by atoms with van der Waals surface area (Å²) in [6.45, 7) is 7.65. The lowest BCUT2D eigenvalue weighted by Gasteiger charge is -2.34. The Morgan fingerprint density at radius 1 is 1.09 bits per heavy atom. The lowest BCUT2D eigenvalue weighted by Crippen LogP contribution is -2.46. The number of pyridine rings is 1. The fourth-order valence-electron chi connectivity index (χ4n) is 4.63. The molecule has 2 fully saturated rings. The fraction of sp³-hybridized carbons (Fsp3) is 0.462. The minimum Gasteiger partial charge on any atom is -0.470 e. The van der Waals surface area contributed by atoms with Gasteiger partial charge >= 0.3 is 0 Å². The summed E-state index contributed by atoms with van der Waals surface area (Å²) >= 11 is 0. The number of nitrogens with one attached hydrogen (secondary N) is 1. The Kier molecular flexibility index (Phi) is 6.79. The Morgan fingerprint density at radius 2 is 1.86 bits per heavy atom. The average Bonchev–Trinajstić information content (AvgIpc) is 3.37. The molecule has 0 bridgehead atoms. The maximum Gasteiger partial charge on any atom is 0.251 e. The molecule has 1 aromatic carbocycles. The first-order valence-corrected chi connectivity index (χ1v) is 12.3. The maximum absolute atomic E-state index is 12.8. The summed E-state index contributed by atoms with van der Waals surface area (Å²) in [4.78, 5) is 28.6. The number of aromatic nitrogens is 3. The number of benzene rings is 1. The van der Waals surface area contributed by atoms with Crippen molar-refractivity contribution in [2.24, 2.45) is 0 Å². The van der Waals surface area contributed by atoms with E-state index in [0.717, 1.165) is 43.6 Å². The van der Waals surface area contributed by atoms with Gasteiger partial charge in [0.05, 0.1) is 24.4 Å². The van der Waals surface area contributed by atoms with Crippen molar-refractivity contribution in [1.82, 2.24) is 25.2 Å². The van der Waals surface area contributed by atoms with E-state index >= 15 is 0 Å². The number of carbonyl (C=O) groups is 1. The van der Waals surface area contributed by atoms with E-state index in [4.69, 9.17) is 20.2 Å². The van der Waals surface area contributed by atoms with Gasteiger partial charge in [0.15, 0.2) is 5.52 Å². The molecule has 2 aliphatic heterocycles. The van der Waals surface area contributed by atoms with Gasteiger partial charge in [-0.25, -0.2) is 9.97 Å². The van der Waals surface area contributed by atoms with Crippen LogP contribution in [0.3, 0.4) is 0 Å². The average molecular weight is 477 g/mol. The van der Waals surface area contributed by atoms with E-state index in [1.165, 1.54) is 0 Å². The van der Waals surface area contributed by atoms with Crippen molar-refractivity contribution in [3.8, 4) is 17.1 Å². The van der Waals surface area contributed by atoms with Gasteiger partial charge in [-0.1, -0.05) is 12.1 Å². The van der Waals surface area contributed by atoms with Gasteiger partial charge in [0.2, 0.25) is 11.8 Å². The van der Waals surface area contributed by atoms with Crippen LogP contribution in [0.15, 0.2) is 36.4 Å². The molecule has 4 heterocycles. The molecule has 0 aliphatic carbocycles. The Balaban J connectivity index is 1.30. The zero-order valence-corrected chi connectivity index (χ0v) is 20.2. The van der Waals surface area contributed by atoms with Crippen molar-refractivity contribution in [2.45, 2.75) is 51.3 Å². The lowest BCUT2D eigenvalue weighted by molar-refractivity contribution is 0.0900. The molecule has 5 rings (SSSR count). The fourth-order valence-corrected chi connectivity index (χ4v) is 4.63. The Bertz CT molecular complexity index is 1190. The van der Waals surface area contributed by atoms with E-state index < -0.39 is 0 Å². The number of piperidine rings is 1. The van der Waals surface area contributed by atoms with Crippen LogP contribution in [0.2, 0.25) is 0 Å². The van der Waals surface area contributed by atoms with Gasteiger partial charge in [-0.3, -0.25) is 4.79 Å². The van der Waals surface area contributed by atoms with Gasteiger partial charge in [0.25, 0.3) is 5.91 Å². The van der Waals surface area contributed by atoms with Crippen molar-refractivity contribution < 1.29 is 14.3 Å². The minimum atomic E-state index is -0.0756. The largest absolute Gasteiger partial charge is 0.470 e. The number of ether oxygens (including phenoxy) is 2. The normalized spacial score (nSPS) is 19.3. The van der Waals surface area contributed by atoms with Crippen LogP contribution in [0.5, 0.6) is 5.88 Å². The predicted molar refractivity (Wildman–Crippen MR) is 134 cm³/mol. The number of nitrogens with two attached hydrogens (primary N) is 1. The number of anilines is 1. The van der Waals surface area contributed by atoms with Crippen molar-refractivity contribution in [3.63, 3.8) is 0 Å². The van der Waals surface area contributed by atoms with Crippen LogP contribution in [-0.2, 0) is 4.74 Å². The second-order valence-electron chi connectivity index (χ2n) is 9.51. The molecule has 2 aliphatic rings. The van der Waals surface area contributed by atoms with Crippen molar-refractivity contribution >= 4 is 22.9 Å². The first kappa shape index (κ1) is 23.4. The van der Waals surface area contributed by atoms with Crippen LogP contribution in [0, 0.1) is 0 Å². The van der Waals surface area contributed by atoms with E-state index in [-0.39, 0.29) is 24.0 Å². The highest BCUT2D eigenvalue weighted by Crippen LogP contribution is 2.28. The zero-order chi connectivity index (χ0) is 24.4. The second kappa shape index (κ2) is 10.1. The van der Waals surface area contributed by atoms with Crippen molar-refractivity contribution in [3.05, 3.63) is 42.0 Å². The summed E-state index contributed by atoms with van der Waals surface area (Å²) in [5, 5.41) is 3.19. The number of nitrogens with zero attached hydrogens (tertiary/aromatic N) is 4. The van der Waals surface area contributed by atoms with E-state index in [1.54, 1.807) is 0 Å². The molecule has 0 spiro atoms. The molecule has 1 atom stereocenters. The number of likely N-dealkylation sites (tertiary alicyclic amines) is 1. The van der Waals surface area contributed by atoms with Crippen LogP contribution in [0.25, 0.3) is 22.3 Å². The first-order valence-electron chi connectivity index (χ1n) is 12.3. The number of amides is 1. The molecular formula is C26H32N6O3. The lowest BCUT2D eigenvalue weighted by atomic mass is 10.0. The number of hydrogen-bond acceptors (Lipinski definition) is 8. The predicted octanol–water partition coefficient (Wildman–Crippen LogP) is 3.04. The molecule has 3 N–H and O–H groups in total. The topological polar surface area (TPSA) is 115 Å². The monoisotopic (exact) mass is 476 g/mol. The molecule has 1 amide bonds. The van der Waals surface area contributed by atoms with Crippen LogP contribution in [-0.4, -0.2) is 70.2 Å². The molecule has 2 saturated heterocycles. The smallest absolute Gasteiger partial charge is 0.251 e. The van der Waals surface area contributed by atoms with Crippen LogP contribution >= 0.6 is 0 Å². The number of rotatable bonds is 6. The summed E-state index contributed by atoms with van der Waals surface area (Å²) < 4.78 is 11.4. The third kappa shape index (κ3) is 5.36. The summed E-state index contributed by atoms with van der Waals surface area (Å²) in [6.07, 6.45) is 2.68. The third-order valence-corrected chi connectivity index (χ3v) is 6.73. The van der Waals surface area contributed by atoms with E-state index in [2.05, 4.69) is 34.0 Å². The van der Waals surface area contributed by atoms with Crippen molar-refractivity contribution in [2.75, 3.05) is 32.0 Å². The number of hydrogen-bond donors (Lipinski definition) is 2. The molecule has 35 heavy (non-hydrogen) atoms. The van der Waals surface area contributed by atoms with Crippen LogP contribution in [0.1, 0.15) is 43.5 Å². The molecule has 184 valence electrons. The van der Waals surface area contributed by atoms with E-state index in [9.17, 15) is 4.79 Å². The molecule has 3 aromatic rings. The number of fused-ring (bicyclic) bond motifs is 1. The zero-order valence-electron chi connectivity index (χ0n) is 20.2. The molecule has 0 radical (unpaired) electrons. The Morgan fingerprint density at radius 3 is 2.54 bits per heavy atom. The molecule has 9 heteroatoms. The minimum absolute atomic E-state index is 0.0376. The SMILES string of the molecule is CC(C)N1CCC(NC(=O)c2ccc(-c3ccc4nc(N)nc(O[C@H]5CCOC5)c4n3)cc2)CC1. The highest BCUT2D eigenvalue weighted by atomic mass is 16.5. The third-order valence-electron chi connectivity index (χ3n) is 6.73. The quantitative estimate of drug-likeness (QED) is 0.558. The second-order valence-corrected chi connectivity index (χ2v) is 9.51.